The molecule has 0 aliphatic carbocycles. The molecule has 0 rings (SSSR count). The first-order valence-corrected chi connectivity index (χ1v) is 25.9. The van der Waals surface area contributed by atoms with E-state index in [2.05, 4.69) is 74.7 Å². The smallest absolute Gasteiger partial charge is 0.306 e. The minimum atomic E-state index is -0.805. The lowest BCUT2D eigenvalue weighted by molar-refractivity contribution is -0.151. The summed E-state index contributed by atoms with van der Waals surface area (Å²) < 4.78 is 5.91. The van der Waals surface area contributed by atoms with E-state index >= 15 is 0 Å². The summed E-state index contributed by atoms with van der Waals surface area (Å²) in [6.07, 6.45) is 63.5. The van der Waals surface area contributed by atoms with Gasteiger partial charge in [0.05, 0.1) is 25.2 Å². The van der Waals surface area contributed by atoms with E-state index < -0.39 is 18.2 Å². The standard InChI is InChI=1S/C56H97NO5/c1-4-7-10-13-16-19-22-25-27-28-30-32-35-38-41-44-47-52(62-56(61)49-46-43-40-37-34-31-26-23-20-17-14-11-8-5-2)50-55(60)57-53(51-58)54(59)48-45-42-39-36-33-29-24-21-18-15-12-9-6-3/h8,10-11,13,16-17,19-20,22,25,27-28,30,32,52-54,58-59H,4-7,9,12,14-15,18,21,23-24,26,29,31,33-51H2,1-3H3,(H,57,60)/b11-8+,13-10+,19-16+,20-17+,25-22+,28-27+,32-30+. The summed E-state index contributed by atoms with van der Waals surface area (Å²) in [5.74, 6) is -0.529. The van der Waals surface area contributed by atoms with Crippen LogP contribution in [-0.2, 0) is 14.3 Å². The summed E-state index contributed by atoms with van der Waals surface area (Å²) in [5.41, 5.74) is 0. The van der Waals surface area contributed by atoms with Crippen LogP contribution in [0.1, 0.15) is 233 Å². The van der Waals surface area contributed by atoms with E-state index in [9.17, 15) is 19.8 Å². The van der Waals surface area contributed by atoms with E-state index in [1.54, 1.807) is 0 Å². The maximum atomic E-state index is 13.2. The first-order chi connectivity index (χ1) is 30.5. The molecule has 0 aliphatic heterocycles. The van der Waals surface area contributed by atoms with E-state index in [0.717, 1.165) is 89.9 Å². The number of amides is 1. The molecule has 0 aromatic heterocycles. The fourth-order valence-electron chi connectivity index (χ4n) is 7.44. The van der Waals surface area contributed by atoms with Gasteiger partial charge >= 0.3 is 5.97 Å². The van der Waals surface area contributed by atoms with Crippen LogP contribution < -0.4 is 5.32 Å². The van der Waals surface area contributed by atoms with Gasteiger partial charge in [-0.3, -0.25) is 9.59 Å². The van der Waals surface area contributed by atoms with E-state index in [4.69, 9.17) is 4.74 Å². The van der Waals surface area contributed by atoms with Gasteiger partial charge in [0.2, 0.25) is 5.91 Å². The normalized spacial score (nSPS) is 14.0. The minimum Gasteiger partial charge on any atom is -0.462 e. The summed E-state index contributed by atoms with van der Waals surface area (Å²) in [4.78, 5) is 26.2. The highest BCUT2D eigenvalue weighted by molar-refractivity contribution is 5.77. The summed E-state index contributed by atoms with van der Waals surface area (Å²) in [5, 5.41) is 23.8. The van der Waals surface area contributed by atoms with Crippen molar-refractivity contribution in [1.82, 2.24) is 5.32 Å². The highest BCUT2D eigenvalue weighted by atomic mass is 16.5. The quantitative estimate of drug-likeness (QED) is 0.0245. The Kier molecular flexibility index (Phi) is 46.7. The number of unbranched alkanes of at least 4 members (excludes halogenated alkanes) is 23. The van der Waals surface area contributed by atoms with Crippen molar-refractivity contribution in [3.8, 4) is 0 Å². The minimum absolute atomic E-state index is 0.0424. The molecule has 0 aromatic rings. The Labute approximate surface area is 383 Å². The van der Waals surface area contributed by atoms with Crippen LogP contribution in [0.15, 0.2) is 85.1 Å². The first kappa shape index (κ1) is 59.0. The summed E-state index contributed by atoms with van der Waals surface area (Å²) in [6, 6.07) is -0.721. The molecule has 0 spiro atoms. The zero-order valence-corrected chi connectivity index (χ0v) is 40.5. The van der Waals surface area contributed by atoms with Gasteiger partial charge in [0, 0.05) is 6.42 Å². The molecule has 3 atom stereocenters. The fourth-order valence-corrected chi connectivity index (χ4v) is 7.44. The zero-order valence-electron chi connectivity index (χ0n) is 40.5. The van der Waals surface area contributed by atoms with Gasteiger partial charge in [-0.25, -0.2) is 0 Å². The second-order valence-corrected chi connectivity index (χ2v) is 17.3. The van der Waals surface area contributed by atoms with Crippen molar-refractivity contribution < 1.29 is 24.5 Å². The van der Waals surface area contributed by atoms with Gasteiger partial charge in [0.25, 0.3) is 0 Å². The maximum Gasteiger partial charge on any atom is 0.306 e. The fraction of sp³-hybridized carbons (Fsp3) is 0.714. The van der Waals surface area contributed by atoms with E-state index in [1.807, 2.05) is 36.5 Å². The number of hydrogen-bond acceptors (Lipinski definition) is 5. The number of carbonyl (C=O) groups excluding carboxylic acids is 2. The third-order valence-electron chi connectivity index (χ3n) is 11.3. The predicted molar refractivity (Wildman–Crippen MR) is 268 cm³/mol. The molecule has 6 heteroatoms. The molecule has 3 unspecified atom stereocenters. The molecule has 0 aromatic carbocycles. The number of aliphatic hydroxyl groups excluding tert-OH is 2. The molecular weight excluding hydrogens is 767 g/mol. The van der Waals surface area contributed by atoms with Crippen LogP contribution in [0.2, 0.25) is 0 Å². The number of ether oxygens (including phenoxy) is 1. The zero-order chi connectivity index (χ0) is 45.2. The third-order valence-corrected chi connectivity index (χ3v) is 11.3. The van der Waals surface area contributed by atoms with Gasteiger partial charge in [-0.1, -0.05) is 234 Å². The highest BCUT2D eigenvalue weighted by Gasteiger charge is 2.24. The first-order valence-electron chi connectivity index (χ1n) is 25.9. The molecule has 0 bridgehead atoms. The number of carbonyl (C=O) groups is 2. The van der Waals surface area contributed by atoms with Crippen LogP contribution in [0.5, 0.6) is 0 Å². The molecule has 62 heavy (non-hydrogen) atoms. The van der Waals surface area contributed by atoms with Crippen molar-refractivity contribution in [3.63, 3.8) is 0 Å². The number of allylic oxidation sites excluding steroid dienone is 14. The monoisotopic (exact) mass is 864 g/mol. The second-order valence-electron chi connectivity index (χ2n) is 17.3. The van der Waals surface area contributed by atoms with E-state index in [1.165, 1.54) is 96.3 Å². The summed E-state index contributed by atoms with van der Waals surface area (Å²) in [7, 11) is 0. The maximum absolute atomic E-state index is 13.2. The molecule has 0 heterocycles. The molecular formula is C56H97NO5. The number of hydrogen-bond donors (Lipinski definition) is 3. The Morgan fingerprint density at radius 3 is 1.53 bits per heavy atom. The van der Waals surface area contributed by atoms with Crippen LogP contribution in [0, 0.1) is 0 Å². The lowest BCUT2D eigenvalue weighted by Gasteiger charge is -2.24. The van der Waals surface area contributed by atoms with E-state index in [0.29, 0.717) is 19.3 Å². The summed E-state index contributed by atoms with van der Waals surface area (Å²) in [6.45, 7) is 6.27. The third kappa shape index (κ3) is 43.7. The van der Waals surface area contributed by atoms with E-state index in [-0.39, 0.29) is 24.9 Å². The van der Waals surface area contributed by atoms with Crippen molar-refractivity contribution >= 4 is 11.9 Å². The van der Waals surface area contributed by atoms with Crippen LogP contribution in [0.3, 0.4) is 0 Å². The molecule has 0 saturated heterocycles. The average Bonchev–Trinajstić information content (AvgIpc) is 3.26. The lowest BCUT2D eigenvalue weighted by Crippen LogP contribution is -2.46. The van der Waals surface area contributed by atoms with Crippen molar-refractivity contribution in [1.29, 1.82) is 0 Å². The highest BCUT2D eigenvalue weighted by Crippen LogP contribution is 2.17. The molecule has 0 aliphatic rings. The topological polar surface area (TPSA) is 95.9 Å². The second kappa shape index (κ2) is 49.1. The number of esters is 1. The van der Waals surface area contributed by atoms with Crippen LogP contribution in [0.4, 0.5) is 0 Å². The summed E-state index contributed by atoms with van der Waals surface area (Å²) >= 11 is 0. The lowest BCUT2D eigenvalue weighted by atomic mass is 10.0. The van der Waals surface area contributed by atoms with Gasteiger partial charge in [-0.2, -0.15) is 0 Å². The van der Waals surface area contributed by atoms with Crippen LogP contribution in [-0.4, -0.2) is 46.9 Å². The molecule has 0 fully saturated rings. The van der Waals surface area contributed by atoms with Crippen molar-refractivity contribution in [2.24, 2.45) is 0 Å². The number of aliphatic hydroxyl groups is 2. The van der Waals surface area contributed by atoms with Gasteiger partial charge in [0.15, 0.2) is 0 Å². The Balaban J connectivity index is 4.71. The molecule has 0 radical (unpaired) electrons. The Morgan fingerprint density at radius 1 is 0.500 bits per heavy atom. The SMILES string of the molecule is CC/C=C/C/C=C/CCCCCCCCCC(=O)OC(CCCCC/C=C/C=C/C=C/C=C/C=C/CCC)CC(=O)NC(CO)C(O)CCCCCCCCCCCCCCC. The van der Waals surface area contributed by atoms with Gasteiger partial charge in [-0.15, -0.1) is 0 Å². The predicted octanol–water partition coefficient (Wildman–Crippen LogP) is 15.6. The Bertz CT molecular complexity index is 1200. The number of nitrogens with one attached hydrogen (secondary N) is 1. The molecule has 3 N–H and O–H groups in total. The molecule has 0 saturated carbocycles. The van der Waals surface area contributed by atoms with Gasteiger partial charge in [0.1, 0.15) is 6.10 Å². The molecule has 6 nitrogen and oxygen atoms in total. The Morgan fingerprint density at radius 2 is 0.968 bits per heavy atom. The number of rotatable bonds is 45. The van der Waals surface area contributed by atoms with Crippen molar-refractivity contribution in [2.75, 3.05) is 6.61 Å². The van der Waals surface area contributed by atoms with Gasteiger partial charge in [-0.05, 0) is 70.6 Å². The van der Waals surface area contributed by atoms with Crippen molar-refractivity contribution in [3.05, 3.63) is 85.1 Å². The van der Waals surface area contributed by atoms with Crippen LogP contribution >= 0.6 is 0 Å². The Hall–Kier alpha value is -2.96. The van der Waals surface area contributed by atoms with Crippen LogP contribution in [0.25, 0.3) is 0 Å². The largest absolute Gasteiger partial charge is 0.462 e. The molecule has 1 amide bonds. The molecule has 356 valence electrons. The average molecular weight is 864 g/mol. The van der Waals surface area contributed by atoms with Crippen molar-refractivity contribution in [2.45, 2.75) is 251 Å². The van der Waals surface area contributed by atoms with Gasteiger partial charge < -0.3 is 20.3 Å².